The van der Waals surface area contributed by atoms with Crippen LogP contribution in [0.5, 0.6) is 0 Å². The number of para-hydroxylation sites is 1. The minimum atomic E-state index is -0.111. The van der Waals surface area contributed by atoms with Gasteiger partial charge in [0.2, 0.25) is 0 Å². The Bertz CT molecular complexity index is 463. The van der Waals surface area contributed by atoms with Crippen molar-refractivity contribution in [2.75, 3.05) is 44.2 Å². The minimum absolute atomic E-state index is 0.111. The van der Waals surface area contributed by atoms with Crippen LogP contribution in [0.3, 0.4) is 0 Å². The van der Waals surface area contributed by atoms with Crippen LogP contribution in [0.25, 0.3) is 0 Å². The summed E-state index contributed by atoms with van der Waals surface area (Å²) in [5.41, 5.74) is 7.13. The van der Waals surface area contributed by atoms with Crippen LogP contribution >= 0.6 is 0 Å². The fraction of sp³-hybridized carbons (Fsp3) is 0.647. The number of piperazine rings is 1. The van der Waals surface area contributed by atoms with Crippen LogP contribution in [0.2, 0.25) is 0 Å². The Kier molecular flexibility index (Phi) is 4.45. The molecule has 1 aliphatic carbocycles. The smallest absolute Gasteiger partial charge is 0.146 e. The third-order valence-corrected chi connectivity index (χ3v) is 5.22. The highest BCUT2D eigenvalue weighted by Crippen LogP contribution is 2.38. The van der Waals surface area contributed by atoms with E-state index in [2.05, 4.69) is 9.80 Å². The van der Waals surface area contributed by atoms with Crippen molar-refractivity contribution in [1.29, 1.82) is 0 Å². The van der Waals surface area contributed by atoms with Crippen LogP contribution in [0.1, 0.15) is 25.7 Å². The normalized spacial score (nSPS) is 22.7. The molecule has 0 atom stereocenters. The molecule has 0 aromatic heterocycles. The summed E-state index contributed by atoms with van der Waals surface area (Å²) in [6.45, 7) is 5.75. The molecule has 0 bridgehead atoms. The summed E-state index contributed by atoms with van der Waals surface area (Å²) in [6.07, 6.45) is 5.20. The molecule has 2 fully saturated rings. The Hall–Kier alpha value is -1.13. The highest BCUT2D eigenvalue weighted by molar-refractivity contribution is 5.47. The van der Waals surface area contributed by atoms with Crippen molar-refractivity contribution < 1.29 is 4.39 Å². The van der Waals surface area contributed by atoms with E-state index in [0.717, 1.165) is 45.0 Å². The molecule has 4 heteroatoms. The Morgan fingerprint density at radius 1 is 1.05 bits per heavy atom. The number of nitrogens with two attached hydrogens (primary N) is 1. The van der Waals surface area contributed by atoms with Gasteiger partial charge in [0.1, 0.15) is 5.82 Å². The van der Waals surface area contributed by atoms with Crippen LogP contribution in [0.15, 0.2) is 24.3 Å². The summed E-state index contributed by atoms with van der Waals surface area (Å²) in [7, 11) is 0. The van der Waals surface area contributed by atoms with Crippen molar-refractivity contribution in [3.63, 3.8) is 0 Å². The number of nitrogens with zero attached hydrogens (tertiary/aromatic N) is 2. The number of rotatable bonds is 4. The van der Waals surface area contributed by atoms with E-state index in [0.29, 0.717) is 5.41 Å². The van der Waals surface area contributed by atoms with Crippen LogP contribution < -0.4 is 10.6 Å². The van der Waals surface area contributed by atoms with E-state index >= 15 is 0 Å². The zero-order chi connectivity index (χ0) is 14.7. The quantitative estimate of drug-likeness (QED) is 0.925. The van der Waals surface area contributed by atoms with E-state index in [9.17, 15) is 4.39 Å². The zero-order valence-corrected chi connectivity index (χ0v) is 12.7. The maximum absolute atomic E-state index is 13.8. The van der Waals surface area contributed by atoms with Crippen LogP contribution in [-0.4, -0.2) is 44.2 Å². The predicted octanol–water partition coefficient (Wildman–Crippen LogP) is 2.47. The predicted molar refractivity (Wildman–Crippen MR) is 85.0 cm³/mol. The van der Waals surface area contributed by atoms with Crippen molar-refractivity contribution in [3.8, 4) is 0 Å². The average Bonchev–Trinajstić information content (AvgIpc) is 2.98. The lowest BCUT2D eigenvalue weighted by Gasteiger charge is -2.40. The number of benzene rings is 1. The molecule has 2 N–H and O–H groups in total. The van der Waals surface area contributed by atoms with Gasteiger partial charge >= 0.3 is 0 Å². The van der Waals surface area contributed by atoms with Crippen molar-refractivity contribution in [2.45, 2.75) is 25.7 Å². The van der Waals surface area contributed by atoms with Crippen molar-refractivity contribution in [1.82, 2.24) is 4.90 Å². The molecular weight excluding hydrogens is 265 g/mol. The number of hydrogen-bond donors (Lipinski definition) is 1. The summed E-state index contributed by atoms with van der Waals surface area (Å²) >= 11 is 0. The average molecular weight is 291 g/mol. The standard InChI is InChI=1S/C17H26FN3/c18-15-5-1-2-6-16(15)21-11-9-20(10-12-21)14-17(13-19)7-3-4-8-17/h1-2,5-6H,3-4,7-14,19H2. The molecule has 0 unspecified atom stereocenters. The lowest BCUT2D eigenvalue weighted by atomic mass is 9.85. The summed E-state index contributed by atoms with van der Waals surface area (Å²) < 4.78 is 13.8. The Labute approximate surface area is 126 Å². The molecule has 21 heavy (non-hydrogen) atoms. The largest absolute Gasteiger partial charge is 0.367 e. The molecule has 0 radical (unpaired) electrons. The molecule has 1 aromatic carbocycles. The molecule has 1 heterocycles. The maximum Gasteiger partial charge on any atom is 0.146 e. The van der Waals surface area contributed by atoms with Crippen molar-refractivity contribution >= 4 is 5.69 Å². The first-order valence-corrected chi connectivity index (χ1v) is 8.14. The van der Waals surface area contributed by atoms with Gasteiger partial charge in [0, 0.05) is 32.7 Å². The molecule has 3 nitrogen and oxygen atoms in total. The highest BCUT2D eigenvalue weighted by Gasteiger charge is 2.35. The first-order valence-electron chi connectivity index (χ1n) is 8.14. The Morgan fingerprint density at radius 3 is 2.33 bits per heavy atom. The molecule has 0 amide bonds. The van der Waals surface area contributed by atoms with E-state index in [1.54, 1.807) is 12.1 Å². The van der Waals surface area contributed by atoms with Crippen LogP contribution in [0.4, 0.5) is 10.1 Å². The molecule has 1 aromatic rings. The molecule has 0 spiro atoms. The second-order valence-electron chi connectivity index (χ2n) is 6.63. The lowest BCUT2D eigenvalue weighted by Crippen LogP contribution is -2.51. The first kappa shape index (κ1) is 14.8. The Balaban J connectivity index is 1.57. The van der Waals surface area contributed by atoms with Gasteiger partial charge in [-0.3, -0.25) is 4.90 Å². The molecule has 1 saturated carbocycles. The van der Waals surface area contributed by atoms with Gasteiger partial charge in [0.15, 0.2) is 0 Å². The third-order valence-electron chi connectivity index (χ3n) is 5.22. The summed E-state index contributed by atoms with van der Waals surface area (Å²) in [4.78, 5) is 4.69. The minimum Gasteiger partial charge on any atom is -0.367 e. The van der Waals surface area contributed by atoms with Gasteiger partial charge in [-0.05, 0) is 36.9 Å². The van der Waals surface area contributed by atoms with Gasteiger partial charge in [-0.1, -0.05) is 25.0 Å². The van der Waals surface area contributed by atoms with Gasteiger partial charge in [-0.2, -0.15) is 0 Å². The van der Waals surface area contributed by atoms with Gasteiger partial charge in [0.25, 0.3) is 0 Å². The second-order valence-corrected chi connectivity index (χ2v) is 6.63. The fourth-order valence-corrected chi connectivity index (χ4v) is 3.88. The molecule has 2 aliphatic rings. The number of hydrogen-bond acceptors (Lipinski definition) is 3. The summed E-state index contributed by atoms with van der Waals surface area (Å²) in [5, 5.41) is 0. The molecule has 116 valence electrons. The number of halogens is 1. The topological polar surface area (TPSA) is 32.5 Å². The van der Waals surface area contributed by atoms with Gasteiger partial charge in [-0.15, -0.1) is 0 Å². The van der Waals surface area contributed by atoms with Crippen LogP contribution in [0, 0.1) is 11.2 Å². The van der Waals surface area contributed by atoms with E-state index in [4.69, 9.17) is 5.73 Å². The highest BCUT2D eigenvalue weighted by atomic mass is 19.1. The Morgan fingerprint density at radius 2 is 1.71 bits per heavy atom. The SMILES string of the molecule is NCC1(CN2CCN(c3ccccc3F)CC2)CCCC1. The third kappa shape index (κ3) is 3.22. The molecule has 3 rings (SSSR count). The van der Waals surface area contributed by atoms with Crippen molar-refractivity contribution in [3.05, 3.63) is 30.1 Å². The molecule has 1 aliphatic heterocycles. The summed E-state index contributed by atoms with van der Waals surface area (Å²) in [6, 6.07) is 7.08. The van der Waals surface area contributed by atoms with E-state index in [1.807, 2.05) is 12.1 Å². The fourth-order valence-electron chi connectivity index (χ4n) is 3.88. The second kappa shape index (κ2) is 6.32. The van der Waals surface area contributed by atoms with Gasteiger partial charge in [0.05, 0.1) is 5.69 Å². The van der Waals surface area contributed by atoms with Gasteiger partial charge in [-0.25, -0.2) is 4.39 Å². The van der Waals surface area contributed by atoms with Gasteiger partial charge < -0.3 is 10.6 Å². The van der Waals surface area contributed by atoms with Crippen molar-refractivity contribution in [2.24, 2.45) is 11.1 Å². The molecule has 1 saturated heterocycles. The lowest BCUT2D eigenvalue weighted by molar-refractivity contribution is 0.151. The zero-order valence-electron chi connectivity index (χ0n) is 12.7. The van der Waals surface area contributed by atoms with Crippen LogP contribution in [-0.2, 0) is 0 Å². The van der Waals surface area contributed by atoms with E-state index in [-0.39, 0.29) is 5.82 Å². The monoisotopic (exact) mass is 291 g/mol. The van der Waals surface area contributed by atoms with E-state index < -0.39 is 0 Å². The van der Waals surface area contributed by atoms with E-state index in [1.165, 1.54) is 25.7 Å². The first-order chi connectivity index (χ1) is 10.2. The maximum atomic E-state index is 13.8. The number of anilines is 1. The summed E-state index contributed by atoms with van der Waals surface area (Å²) in [5.74, 6) is -0.111. The molecular formula is C17H26FN3.